The van der Waals surface area contributed by atoms with Crippen molar-refractivity contribution >= 4 is 17.7 Å². The van der Waals surface area contributed by atoms with Crippen molar-refractivity contribution < 1.29 is 18.7 Å². The summed E-state index contributed by atoms with van der Waals surface area (Å²) in [5, 5.41) is 3.05. The Morgan fingerprint density at radius 1 is 1.22 bits per heavy atom. The van der Waals surface area contributed by atoms with Crippen LogP contribution in [0, 0.1) is 6.92 Å². The minimum atomic E-state index is 0.0114. The molecule has 1 amide bonds. The molecular formula is C20H26N2O4S. The predicted octanol–water partition coefficient (Wildman–Crippen LogP) is 2.88. The quantitative estimate of drug-likeness (QED) is 0.700. The van der Waals surface area contributed by atoms with E-state index >= 15 is 0 Å². The van der Waals surface area contributed by atoms with E-state index in [0.717, 1.165) is 35.3 Å². The Hall–Kier alpha value is -1.96. The number of nitrogens with one attached hydrogen (secondary N) is 1. The fourth-order valence-corrected chi connectivity index (χ4v) is 3.74. The van der Waals surface area contributed by atoms with Crippen LogP contribution in [0.4, 0.5) is 0 Å². The molecule has 1 aliphatic heterocycles. The number of carbonyl (C=O) groups excluding carboxylic acids is 1. The minimum absolute atomic E-state index is 0.0114. The molecule has 0 radical (unpaired) electrons. The van der Waals surface area contributed by atoms with Crippen molar-refractivity contribution in [3.8, 4) is 5.75 Å². The fraction of sp³-hybridized carbons (Fsp3) is 0.450. The Morgan fingerprint density at radius 2 is 1.96 bits per heavy atom. The smallest absolute Gasteiger partial charge is 0.230 e. The van der Waals surface area contributed by atoms with Gasteiger partial charge in [-0.1, -0.05) is 0 Å². The number of carbonyl (C=O) groups is 1. The zero-order valence-electron chi connectivity index (χ0n) is 15.8. The standard InChI is InChI=1S/C20H26N2O4S/c1-15-3-8-19(26-15)18(22-9-11-25-12-10-22)13-21-20(23)14-27-17-6-4-16(24-2)5-7-17/h3-8,18H,9-14H2,1-2H3,(H,21,23). The third-order valence-corrected chi connectivity index (χ3v) is 5.51. The van der Waals surface area contributed by atoms with Crippen LogP contribution in [0.15, 0.2) is 45.7 Å². The molecule has 2 aromatic rings. The first kappa shape index (κ1) is 19.8. The number of furan rings is 1. The molecule has 1 saturated heterocycles. The number of rotatable bonds is 8. The van der Waals surface area contributed by atoms with Crippen LogP contribution < -0.4 is 10.1 Å². The van der Waals surface area contributed by atoms with Gasteiger partial charge in [0.15, 0.2) is 0 Å². The number of hydrogen-bond donors (Lipinski definition) is 1. The molecule has 1 N–H and O–H groups in total. The molecule has 0 aliphatic carbocycles. The van der Waals surface area contributed by atoms with Crippen molar-refractivity contribution in [1.29, 1.82) is 0 Å². The lowest BCUT2D eigenvalue weighted by molar-refractivity contribution is -0.118. The maximum atomic E-state index is 12.3. The van der Waals surface area contributed by atoms with E-state index in [1.54, 1.807) is 7.11 Å². The Labute approximate surface area is 164 Å². The number of ether oxygens (including phenoxy) is 2. The number of methoxy groups -OCH3 is 1. The Bertz CT molecular complexity index is 726. The third kappa shape index (κ3) is 5.76. The summed E-state index contributed by atoms with van der Waals surface area (Å²) in [5.74, 6) is 2.96. The molecule has 0 saturated carbocycles. The molecule has 146 valence electrons. The number of benzene rings is 1. The summed E-state index contributed by atoms with van der Waals surface area (Å²) in [6.07, 6.45) is 0. The van der Waals surface area contributed by atoms with Gasteiger partial charge in [-0.05, 0) is 43.3 Å². The molecule has 2 heterocycles. The monoisotopic (exact) mass is 390 g/mol. The maximum absolute atomic E-state index is 12.3. The number of amides is 1. The van der Waals surface area contributed by atoms with Crippen LogP contribution in [0.1, 0.15) is 17.6 Å². The Kier molecular flexibility index (Phi) is 7.20. The number of morpholine rings is 1. The van der Waals surface area contributed by atoms with Crippen LogP contribution in [0.2, 0.25) is 0 Å². The van der Waals surface area contributed by atoms with Crippen molar-refractivity contribution in [1.82, 2.24) is 10.2 Å². The average molecular weight is 391 g/mol. The van der Waals surface area contributed by atoms with Gasteiger partial charge in [0.1, 0.15) is 17.3 Å². The zero-order valence-corrected chi connectivity index (χ0v) is 16.6. The van der Waals surface area contributed by atoms with Gasteiger partial charge in [-0.15, -0.1) is 11.8 Å². The molecule has 1 aromatic carbocycles. The molecule has 1 unspecified atom stereocenters. The van der Waals surface area contributed by atoms with E-state index < -0.39 is 0 Å². The SMILES string of the molecule is COc1ccc(SCC(=O)NCC(c2ccc(C)o2)N2CCOCC2)cc1. The number of thioether (sulfide) groups is 1. The van der Waals surface area contributed by atoms with E-state index in [0.29, 0.717) is 25.5 Å². The number of hydrogen-bond acceptors (Lipinski definition) is 6. The van der Waals surface area contributed by atoms with Crippen molar-refractivity contribution in [3.63, 3.8) is 0 Å². The summed E-state index contributed by atoms with van der Waals surface area (Å²) < 4.78 is 16.4. The highest BCUT2D eigenvalue weighted by atomic mass is 32.2. The van der Waals surface area contributed by atoms with Gasteiger partial charge >= 0.3 is 0 Å². The summed E-state index contributed by atoms with van der Waals surface area (Å²) in [4.78, 5) is 15.7. The molecule has 6 nitrogen and oxygen atoms in total. The van der Waals surface area contributed by atoms with E-state index in [4.69, 9.17) is 13.9 Å². The van der Waals surface area contributed by atoms with Gasteiger partial charge < -0.3 is 19.2 Å². The summed E-state index contributed by atoms with van der Waals surface area (Å²) in [7, 11) is 1.64. The van der Waals surface area contributed by atoms with Gasteiger partial charge in [-0.3, -0.25) is 9.69 Å². The molecule has 0 spiro atoms. The highest BCUT2D eigenvalue weighted by Crippen LogP contribution is 2.24. The summed E-state index contributed by atoms with van der Waals surface area (Å²) >= 11 is 1.51. The summed E-state index contributed by atoms with van der Waals surface area (Å²) in [6.45, 7) is 5.54. The first-order valence-corrected chi connectivity index (χ1v) is 10.1. The topological polar surface area (TPSA) is 63.9 Å². The molecular weight excluding hydrogens is 364 g/mol. The first-order valence-electron chi connectivity index (χ1n) is 9.07. The molecule has 1 aliphatic rings. The van der Waals surface area contributed by atoms with Crippen LogP contribution in [0.3, 0.4) is 0 Å². The lowest BCUT2D eigenvalue weighted by Crippen LogP contribution is -2.44. The normalized spacial score (nSPS) is 16.1. The molecule has 1 fully saturated rings. The zero-order chi connectivity index (χ0) is 19.1. The van der Waals surface area contributed by atoms with Crippen molar-refractivity contribution in [2.75, 3.05) is 45.7 Å². The van der Waals surface area contributed by atoms with Crippen LogP contribution in [0.5, 0.6) is 5.75 Å². The first-order chi connectivity index (χ1) is 13.2. The van der Waals surface area contributed by atoms with E-state index in [1.807, 2.05) is 43.3 Å². The highest BCUT2D eigenvalue weighted by Gasteiger charge is 2.25. The molecule has 1 aromatic heterocycles. The lowest BCUT2D eigenvalue weighted by atomic mass is 10.1. The van der Waals surface area contributed by atoms with Crippen molar-refractivity contribution in [2.24, 2.45) is 0 Å². The molecule has 7 heteroatoms. The lowest BCUT2D eigenvalue weighted by Gasteiger charge is -2.33. The van der Waals surface area contributed by atoms with Gasteiger partial charge in [0, 0.05) is 24.5 Å². The van der Waals surface area contributed by atoms with Crippen LogP contribution in [0.25, 0.3) is 0 Å². The second-order valence-corrected chi connectivity index (χ2v) is 7.43. The van der Waals surface area contributed by atoms with Crippen LogP contribution >= 0.6 is 11.8 Å². The second-order valence-electron chi connectivity index (χ2n) is 6.38. The minimum Gasteiger partial charge on any atom is -0.497 e. The van der Waals surface area contributed by atoms with Crippen molar-refractivity contribution in [2.45, 2.75) is 17.9 Å². The number of nitrogens with zero attached hydrogens (tertiary/aromatic N) is 1. The van der Waals surface area contributed by atoms with Crippen molar-refractivity contribution in [3.05, 3.63) is 47.9 Å². The van der Waals surface area contributed by atoms with Gasteiger partial charge in [0.05, 0.1) is 32.1 Å². The van der Waals surface area contributed by atoms with E-state index in [9.17, 15) is 4.79 Å². The average Bonchev–Trinajstić information content (AvgIpc) is 3.13. The molecule has 0 bridgehead atoms. The van der Waals surface area contributed by atoms with Gasteiger partial charge in [-0.25, -0.2) is 0 Å². The maximum Gasteiger partial charge on any atom is 0.230 e. The summed E-state index contributed by atoms with van der Waals surface area (Å²) in [6, 6.07) is 11.7. The molecule has 1 atom stereocenters. The van der Waals surface area contributed by atoms with Gasteiger partial charge in [0.25, 0.3) is 0 Å². The largest absolute Gasteiger partial charge is 0.497 e. The highest BCUT2D eigenvalue weighted by molar-refractivity contribution is 8.00. The second kappa shape index (κ2) is 9.82. The summed E-state index contributed by atoms with van der Waals surface area (Å²) in [5.41, 5.74) is 0. The molecule has 27 heavy (non-hydrogen) atoms. The molecule has 3 rings (SSSR count). The number of aryl methyl sites for hydroxylation is 1. The van der Waals surface area contributed by atoms with Gasteiger partial charge in [0.2, 0.25) is 5.91 Å². The fourth-order valence-electron chi connectivity index (χ4n) is 3.01. The van der Waals surface area contributed by atoms with E-state index in [2.05, 4.69) is 10.2 Å². The third-order valence-electron chi connectivity index (χ3n) is 4.50. The van der Waals surface area contributed by atoms with Crippen LogP contribution in [-0.2, 0) is 9.53 Å². The van der Waals surface area contributed by atoms with E-state index in [-0.39, 0.29) is 11.9 Å². The predicted molar refractivity (Wildman–Crippen MR) is 105 cm³/mol. The Morgan fingerprint density at radius 3 is 2.59 bits per heavy atom. The van der Waals surface area contributed by atoms with Gasteiger partial charge in [-0.2, -0.15) is 0 Å². The Balaban J connectivity index is 1.53. The van der Waals surface area contributed by atoms with Crippen LogP contribution in [-0.4, -0.2) is 56.5 Å². The van der Waals surface area contributed by atoms with E-state index in [1.165, 1.54) is 11.8 Å².